The molecule has 96 valence electrons. The molecule has 3 atom stereocenters. The molecule has 0 aromatic carbocycles. The van der Waals surface area contributed by atoms with Gasteiger partial charge < -0.3 is 15.4 Å². The van der Waals surface area contributed by atoms with Gasteiger partial charge in [-0.25, -0.2) is 0 Å². The van der Waals surface area contributed by atoms with E-state index in [9.17, 15) is 0 Å². The molecule has 0 spiro atoms. The van der Waals surface area contributed by atoms with Gasteiger partial charge in [-0.1, -0.05) is 13.3 Å². The highest BCUT2D eigenvalue weighted by molar-refractivity contribution is 4.83. The number of methoxy groups -OCH3 is 1. The summed E-state index contributed by atoms with van der Waals surface area (Å²) < 4.78 is 5.10. The van der Waals surface area contributed by atoms with Gasteiger partial charge in [0.1, 0.15) is 0 Å². The number of hydrogen-bond acceptors (Lipinski definition) is 3. The predicted octanol–water partition coefficient (Wildman–Crippen LogP) is 1.72. The van der Waals surface area contributed by atoms with E-state index >= 15 is 0 Å². The number of hydrogen-bond donors (Lipinski definition) is 1. The van der Waals surface area contributed by atoms with Gasteiger partial charge in [0.2, 0.25) is 0 Å². The Kier molecular flexibility index (Phi) is 6.32. The standard InChI is InChI=1S/C13H28N2O/c1-4-11-5-6-13(14)12(9-11)10-15(2)7-8-16-3/h11-13H,4-10,14H2,1-3H3. The topological polar surface area (TPSA) is 38.5 Å². The first-order chi connectivity index (χ1) is 7.67. The SMILES string of the molecule is CCC1CCC(N)C(CN(C)CCOC)C1. The Morgan fingerprint density at radius 3 is 2.75 bits per heavy atom. The van der Waals surface area contributed by atoms with Crippen molar-refractivity contribution >= 4 is 0 Å². The summed E-state index contributed by atoms with van der Waals surface area (Å²) in [7, 11) is 3.93. The number of ether oxygens (including phenoxy) is 1. The molecule has 0 aromatic rings. The molecule has 0 aliphatic heterocycles. The normalized spacial score (nSPS) is 30.9. The van der Waals surface area contributed by atoms with Crippen LogP contribution in [0.3, 0.4) is 0 Å². The molecule has 0 saturated heterocycles. The molecule has 0 radical (unpaired) electrons. The van der Waals surface area contributed by atoms with Crippen LogP contribution in [-0.2, 0) is 4.74 Å². The summed E-state index contributed by atoms with van der Waals surface area (Å²) in [6.45, 7) is 5.25. The van der Waals surface area contributed by atoms with Crippen LogP contribution >= 0.6 is 0 Å². The zero-order valence-electron chi connectivity index (χ0n) is 11.1. The molecule has 16 heavy (non-hydrogen) atoms. The van der Waals surface area contributed by atoms with Crippen molar-refractivity contribution in [3.05, 3.63) is 0 Å². The lowest BCUT2D eigenvalue weighted by Gasteiger charge is -2.36. The van der Waals surface area contributed by atoms with Crippen molar-refractivity contribution in [1.29, 1.82) is 0 Å². The van der Waals surface area contributed by atoms with Gasteiger partial charge >= 0.3 is 0 Å². The number of nitrogens with zero attached hydrogens (tertiary/aromatic N) is 1. The summed E-state index contributed by atoms with van der Waals surface area (Å²) in [5.74, 6) is 1.58. The Labute approximate surface area is 100 Å². The Morgan fingerprint density at radius 2 is 2.12 bits per heavy atom. The average molecular weight is 228 g/mol. The van der Waals surface area contributed by atoms with E-state index in [-0.39, 0.29) is 0 Å². The summed E-state index contributed by atoms with van der Waals surface area (Å²) in [4.78, 5) is 2.35. The van der Waals surface area contributed by atoms with Crippen LogP contribution in [0.5, 0.6) is 0 Å². The average Bonchev–Trinajstić information content (AvgIpc) is 2.29. The summed E-state index contributed by atoms with van der Waals surface area (Å²) in [5, 5.41) is 0. The summed E-state index contributed by atoms with van der Waals surface area (Å²) in [6.07, 6.45) is 5.16. The van der Waals surface area contributed by atoms with E-state index in [0.29, 0.717) is 12.0 Å². The number of likely N-dealkylation sites (N-methyl/N-ethyl adjacent to an activating group) is 1. The lowest BCUT2D eigenvalue weighted by Crippen LogP contribution is -2.42. The van der Waals surface area contributed by atoms with Crippen LogP contribution in [0.1, 0.15) is 32.6 Å². The molecule has 3 heteroatoms. The molecule has 0 amide bonds. The Balaban J connectivity index is 2.32. The largest absolute Gasteiger partial charge is 0.383 e. The third-order valence-corrected chi connectivity index (χ3v) is 3.95. The summed E-state index contributed by atoms with van der Waals surface area (Å²) in [6, 6.07) is 0.410. The van der Waals surface area contributed by atoms with Crippen LogP contribution in [-0.4, -0.2) is 44.8 Å². The molecule has 2 N–H and O–H groups in total. The van der Waals surface area contributed by atoms with E-state index in [2.05, 4.69) is 18.9 Å². The minimum absolute atomic E-state index is 0.410. The van der Waals surface area contributed by atoms with E-state index in [1.807, 2.05) is 0 Å². The first kappa shape index (κ1) is 13.9. The molecule has 0 heterocycles. The van der Waals surface area contributed by atoms with E-state index in [0.717, 1.165) is 25.6 Å². The first-order valence-electron chi connectivity index (χ1n) is 6.60. The molecule has 1 aliphatic carbocycles. The second-order valence-corrected chi connectivity index (χ2v) is 5.27. The maximum Gasteiger partial charge on any atom is 0.0589 e. The lowest BCUT2D eigenvalue weighted by molar-refractivity contribution is 0.129. The highest BCUT2D eigenvalue weighted by Gasteiger charge is 2.27. The van der Waals surface area contributed by atoms with Gasteiger partial charge in [0.05, 0.1) is 6.61 Å². The zero-order valence-corrected chi connectivity index (χ0v) is 11.1. The Bertz CT molecular complexity index is 187. The molecule has 0 aromatic heterocycles. The van der Waals surface area contributed by atoms with Gasteiger partial charge in [-0.3, -0.25) is 0 Å². The minimum Gasteiger partial charge on any atom is -0.383 e. The highest BCUT2D eigenvalue weighted by Crippen LogP contribution is 2.30. The second-order valence-electron chi connectivity index (χ2n) is 5.27. The smallest absolute Gasteiger partial charge is 0.0589 e. The lowest BCUT2D eigenvalue weighted by atomic mass is 9.77. The van der Waals surface area contributed by atoms with Crippen LogP contribution in [0.4, 0.5) is 0 Å². The zero-order chi connectivity index (χ0) is 12.0. The second kappa shape index (κ2) is 7.25. The van der Waals surface area contributed by atoms with Crippen molar-refractivity contribution in [3.63, 3.8) is 0 Å². The van der Waals surface area contributed by atoms with Gasteiger partial charge in [0.15, 0.2) is 0 Å². The van der Waals surface area contributed by atoms with Gasteiger partial charge in [-0.15, -0.1) is 0 Å². The van der Waals surface area contributed by atoms with Gasteiger partial charge in [-0.2, -0.15) is 0 Å². The van der Waals surface area contributed by atoms with Crippen molar-refractivity contribution in [3.8, 4) is 0 Å². The van der Waals surface area contributed by atoms with Crippen molar-refractivity contribution in [2.24, 2.45) is 17.6 Å². The van der Waals surface area contributed by atoms with Crippen molar-refractivity contribution in [1.82, 2.24) is 4.90 Å². The van der Waals surface area contributed by atoms with Gasteiger partial charge in [0.25, 0.3) is 0 Å². The van der Waals surface area contributed by atoms with Crippen molar-refractivity contribution in [2.45, 2.75) is 38.6 Å². The maximum atomic E-state index is 6.21. The van der Waals surface area contributed by atoms with Crippen LogP contribution < -0.4 is 5.73 Å². The van der Waals surface area contributed by atoms with Crippen LogP contribution in [0, 0.1) is 11.8 Å². The Hall–Kier alpha value is -0.120. The first-order valence-corrected chi connectivity index (χ1v) is 6.60. The van der Waals surface area contributed by atoms with Gasteiger partial charge in [-0.05, 0) is 38.1 Å². The van der Waals surface area contributed by atoms with E-state index in [1.54, 1.807) is 7.11 Å². The van der Waals surface area contributed by atoms with Crippen LogP contribution in [0.2, 0.25) is 0 Å². The number of rotatable bonds is 6. The molecule has 0 bridgehead atoms. The number of nitrogens with two attached hydrogens (primary N) is 1. The molecule has 3 nitrogen and oxygen atoms in total. The fourth-order valence-corrected chi connectivity index (χ4v) is 2.70. The van der Waals surface area contributed by atoms with E-state index in [4.69, 9.17) is 10.5 Å². The maximum absolute atomic E-state index is 6.21. The third kappa shape index (κ3) is 4.40. The van der Waals surface area contributed by atoms with E-state index in [1.165, 1.54) is 25.7 Å². The molecule has 3 unspecified atom stereocenters. The fraction of sp³-hybridized carbons (Fsp3) is 1.00. The molecular formula is C13H28N2O. The van der Waals surface area contributed by atoms with Crippen molar-refractivity contribution < 1.29 is 4.74 Å². The predicted molar refractivity (Wildman–Crippen MR) is 68.5 cm³/mol. The quantitative estimate of drug-likeness (QED) is 0.752. The Morgan fingerprint density at radius 1 is 1.38 bits per heavy atom. The van der Waals surface area contributed by atoms with Crippen molar-refractivity contribution in [2.75, 3.05) is 33.9 Å². The molecule has 1 saturated carbocycles. The van der Waals surface area contributed by atoms with E-state index < -0.39 is 0 Å². The van der Waals surface area contributed by atoms with Crippen LogP contribution in [0.25, 0.3) is 0 Å². The fourth-order valence-electron chi connectivity index (χ4n) is 2.70. The van der Waals surface area contributed by atoms with Crippen LogP contribution in [0.15, 0.2) is 0 Å². The third-order valence-electron chi connectivity index (χ3n) is 3.95. The summed E-state index contributed by atoms with van der Waals surface area (Å²) >= 11 is 0. The molecule has 1 fully saturated rings. The summed E-state index contributed by atoms with van der Waals surface area (Å²) in [5.41, 5.74) is 6.21. The monoisotopic (exact) mass is 228 g/mol. The molecule has 1 rings (SSSR count). The highest BCUT2D eigenvalue weighted by atomic mass is 16.5. The van der Waals surface area contributed by atoms with Gasteiger partial charge in [0, 0.05) is 26.2 Å². The molecular weight excluding hydrogens is 200 g/mol. The molecule has 1 aliphatic rings. The minimum atomic E-state index is 0.410.